The zero-order chi connectivity index (χ0) is 33.7. The molecule has 0 fully saturated rings. The van der Waals surface area contributed by atoms with E-state index >= 15 is 0 Å². The molecular formula is C35H45N5O6. The number of hydrogen-bond donors (Lipinski definition) is 5. The Bertz CT molecular complexity index is 1420. The van der Waals surface area contributed by atoms with Crippen molar-refractivity contribution in [3.8, 4) is 0 Å². The summed E-state index contributed by atoms with van der Waals surface area (Å²) in [5, 5.41) is 19.8. The lowest BCUT2D eigenvalue weighted by atomic mass is 9.98. The van der Waals surface area contributed by atoms with Crippen LogP contribution in [-0.4, -0.2) is 64.2 Å². The fourth-order valence-corrected chi connectivity index (χ4v) is 4.80. The third kappa shape index (κ3) is 11.9. The first kappa shape index (κ1) is 35.6. The maximum Gasteiger partial charge on any atom is 0.408 e. The van der Waals surface area contributed by atoms with Crippen LogP contribution in [-0.2, 0) is 27.4 Å². The molecule has 3 rings (SSSR count). The highest BCUT2D eigenvalue weighted by Gasteiger charge is 2.33. The van der Waals surface area contributed by atoms with E-state index in [0.717, 1.165) is 16.7 Å². The van der Waals surface area contributed by atoms with Gasteiger partial charge in [0, 0.05) is 5.54 Å². The summed E-state index contributed by atoms with van der Waals surface area (Å²) in [7, 11) is 0. The quantitative estimate of drug-likeness (QED) is 0.182. The summed E-state index contributed by atoms with van der Waals surface area (Å²) in [6.07, 6.45) is -2.46. The van der Waals surface area contributed by atoms with E-state index in [4.69, 9.17) is 10.5 Å². The van der Waals surface area contributed by atoms with Crippen LogP contribution in [0.1, 0.15) is 56.8 Å². The van der Waals surface area contributed by atoms with Crippen molar-refractivity contribution in [1.29, 1.82) is 0 Å². The van der Waals surface area contributed by atoms with Crippen LogP contribution in [0.25, 0.3) is 0 Å². The highest BCUT2D eigenvalue weighted by molar-refractivity contribution is 5.90. The predicted octanol–water partition coefficient (Wildman–Crippen LogP) is 3.82. The molecule has 6 N–H and O–H groups in total. The second-order valence-electron chi connectivity index (χ2n) is 12.2. The summed E-state index contributed by atoms with van der Waals surface area (Å²) in [5.41, 5.74) is 7.29. The van der Waals surface area contributed by atoms with Crippen LogP contribution in [0.5, 0.6) is 0 Å². The number of nitrogens with one attached hydrogen (secondary N) is 3. The number of ether oxygens (including phenoxy) is 1. The van der Waals surface area contributed by atoms with E-state index in [-0.39, 0.29) is 25.6 Å². The van der Waals surface area contributed by atoms with E-state index < -0.39 is 54.1 Å². The number of aliphatic hydroxyl groups excluding tert-OH is 1. The van der Waals surface area contributed by atoms with Crippen LogP contribution in [0.15, 0.2) is 91.0 Å². The lowest BCUT2D eigenvalue weighted by Crippen LogP contribution is -2.57. The largest absolute Gasteiger partial charge is 0.445 e. The Morgan fingerprint density at radius 2 is 1.39 bits per heavy atom. The smallest absolute Gasteiger partial charge is 0.408 e. The first-order chi connectivity index (χ1) is 21.8. The molecule has 11 heteroatoms. The molecule has 0 saturated heterocycles. The summed E-state index contributed by atoms with van der Waals surface area (Å²) < 4.78 is 5.24. The molecule has 11 nitrogen and oxygen atoms in total. The number of nitrogens with zero attached hydrogens (tertiary/aromatic N) is 1. The topological polar surface area (TPSA) is 163 Å². The average Bonchev–Trinajstić information content (AvgIpc) is 3.02. The molecular weight excluding hydrogens is 586 g/mol. The summed E-state index contributed by atoms with van der Waals surface area (Å²) in [5.74, 6) is -1.55. The summed E-state index contributed by atoms with van der Waals surface area (Å²) in [4.78, 5) is 53.1. The number of amides is 5. The highest BCUT2D eigenvalue weighted by Crippen LogP contribution is 2.22. The molecule has 0 aliphatic heterocycles. The summed E-state index contributed by atoms with van der Waals surface area (Å²) >= 11 is 0. The second-order valence-corrected chi connectivity index (χ2v) is 12.2. The van der Waals surface area contributed by atoms with Crippen molar-refractivity contribution >= 4 is 23.9 Å². The van der Waals surface area contributed by atoms with Gasteiger partial charge in [0.1, 0.15) is 12.6 Å². The normalized spacial score (nSPS) is 13.8. The molecule has 246 valence electrons. The van der Waals surface area contributed by atoms with Gasteiger partial charge in [0.25, 0.3) is 0 Å². The summed E-state index contributed by atoms with van der Waals surface area (Å²) in [6.45, 7) is 7.27. The van der Waals surface area contributed by atoms with Gasteiger partial charge in [-0.2, -0.15) is 0 Å². The van der Waals surface area contributed by atoms with E-state index in [1.54, 1.807) is 24.3 Å². The van der Waals surface area contributed by atoms with Crippen LogP contribution < -0.4 is 21.7 Å². The maximum absolute atomic E-state index is 13.6. The van der Waals surface area contributed by atoms with Crippen molar-refractivity contribution in [2.24, 2.45) is 5.73 Å². The Morgan fingerprint density at radius 3 is 1.93 bits per heavy atom. The van der Waals surface area contributed by atoms with E-state index in [0.29, 0.717) is 0 Å². The fraction of sp³-hybridized carbons (Fsp3) is 0.371. The van der Waals surface area contributed by atoms with Crippen LogP contribution >= 0.6 is 0 Å². The molecule has 3 aromatic carbocycles. The molecule has 4 atom stereocenters. The molecule has 0 aromatic heterocycles. The first-order valence-electron chi connectivity index (χ1n) is 15.2. The number of nitrogens with two attached hydrogens (primary N) is 1. The molecule has 46 heavy (non-hydrogen) atoms. The van der Waals surface area contributed by atoms with Crippen LogP contribution in [0, 0.1) is 0 Å². The number of alkyl carbamates (subject to hydrolysis) is 1. The van der Waals surface area contributed by atoms with Crippen molar-refractivity contribution in [3.63, 3.8) is 0 Å². The molecule has 5 amide bonds. The Morgan fingerprint density at radius 1 is 0.848 bits per heavy atom. The number of urea groups is 1. The summed E-state index contributed by atoms with van der Waals surface area (Å²) in [6, 6.07) is 24.5. The Kier molecular flexibility index (Phi) is 13.1. The maximum atomic E-state index is 13.6. The first-order valence-corrected chi connectivity index (χ1v) is 15.2. The van der Waals surface area contributed by atoms with E-state index in [2.05, 4.69) is 16.0 Å². The van der Waals surface area contributed by atoms with Gasteiger partial charge in [0.15, 0.2) is 0 Å². The standard InChI is InChI=1S/C35H45N5O6/c1-24(27-18-12-7-13-19-27)40(33(44)39-35(2,3)4)22-30(41)28(20-25-14-8-5-9-15-25)37-32(43)29(21-31(36)42)38-34(45)46-23-26-16-10-6-11-17-26/h5-19,24,28-30,41H,20-23H2,1-4H3,(H2,36,42)(H,37,43)(H,38,45)(H,39,44)/t24-,28+,29+,30?/m1/s1. The van der Waals surface area contributed by atoms with E-state index in [9.17, 15) is 24.3 Å². The van der Waals surface area contributed by atoms with E-state index in [1.165, 1.54) is 4.90 Å². The van der Waals surface area contributed by atoms with Gasteiger partial charge in [-0.1, -0.05) is 91.0 Å². The molecule has 0 heterocycles. The molecule has 0 radical (unpaired) electrons. The molecule has 0 aliphatic carbocycles. The molecule has 0 saturated carbocycles. The number of benzene rings is 3. The van der Waals surface area contributed by atoms with E-state index in [1.807, 2.05) is 94.4 Å². The average molecular weight is 632 g/mol. The number of primary amides is 1. The van der Waals surface area contributed by atoms with Gasteiger partial charge < -0.3 is 36.4 Å². The Balaban J connectivity index is 1.83. The fourth-order valence-electron chi connectivity index (χ4n) is 4.80. The number of aliphatic hydroxyl groups is 1. The minimum Gasteiger partial charge on any atom is -0.445 e. The van der Waals surface area contributed by atoms with Gasteiger partial charge in [-0.05, 0) is 50.8 Å². The molecule has 0 spiro atoms. The highest BCUT2D eigenvalue weighted by atomic mass is 16.5. The van der Waals surface area contributed by atoms with Gasteiger partial charge >= 0.3 is 12.1 Å². The lowest BCUT2D eigenvalue weighted by molar-refractivity contribution is -0.128. The van der Waals surface area contributed by atoms with Crippen LogP contribution in [0.4, 0.5) is 9.59 Å². The minimum absolute atomic E-state index is 0.0427. The predicted molar refractivity (Wildman–Crippen MR) is 175 cm³/mol. The monoisotopic (exact) mass is 631 g/mol. The van der Waals surface area contributed by atoms with Gasteiger partial charge in [-0.3, -0.25) is 9.59 Å². The van der Waals surface area contributed by atoms with Gasteiger partial charge in [-0.25, -0.2) is 9.59 Å². The third-order valence-electron chi connectivity index (χ3n) is 7.19. The molecule has 0 bridgehead atoms. The Hall–Kier alpha value is -4.90. The SMILES string of the molecule is C[C@H](c1ccccc1)N(CC(O)[C@H](Cc1ccccc1)NC(=O)[C@H](CC(N)=O)NC(=O)OCc1ccccc1)C(=O)NC(C)(C)C. The Labute approximate surface area is 270 Å². The minimum atomic E-state index is -1.37. The van der Waals surface area contributed by atoms with Gasteiger partial charge in [0.2, 0.25) is 11.8 Å². The zero-order valence-electron chi connectivity index (χ0n) is 26.8. The number of hydrogen-bond acceptors (Lipinski definition) is 6. The van der Waals surface area contributed by atoms with Gasteiger partial charge in [0.05, 0.1) is 31.2 Å². The molecule has 0 aliphatic rings. The lowest BCUT2D eigenvalue weighted by Gasteiger charge is -2.36. The van der Waals surface area contributed by atoms with Crippen molar-refractivity contribution in [3.05, 3.63) is 108 Å². The second kappa shape index (κ2) is 17.0. The number of carbonyl (C=O) groups excluding carboxylic acids is 4. The van der Waals surface area contributed by atoms with Crippen LogP contribution in [0.2, 0.25) is 0 Å². The van der Waals surface area contributed by atoms with Crippen LogP contribution in [0.3, 0.4) is 0 Å². The molecule has 3 aromatic rings. The van der Waals surface area contributed by atoms with Crippen molar-refractivity contribution < 1.29 is 29.0 Å². The van der Waals surface area contributed by atoms with Crippen molar-refractivity contribution in [2.75, 3.05) is 6.54 Å². The zero-order valence-corrected chi connectivity index (χ0v) is 26.8. The third-order valence-corrected chi connectivity index (χ3v) is 7.19. The van der Waals surface area contributed by atoms with Crippen molar-refractivity contribution in [1.82, 2.24) is 20.9 Å². The number of carbonyl (C=O) groups is 4. The van der Waals surface area contributed by atoms with Crippen molar-refractivity contribution in [2.45, 2.75) is 76.9 Å². The molecule has 1 unspecified atom stereocenters. The number of rotatable bonds is 14. The van der Waals surface area contributed by atoms with Gasteiger partial charge in [-0.15, -0.1) is 0 Å².